The predicted molar refractivity (Wildman–Crippen MR) is 145 cm³/mol. The second kappa shape index (κ2) is 10.3. The molecule has 5 atom stereocenters. The van der Waals surface area contributed by atoms with Crippen molar-refractivity contribution in [1.29, 1.82) is 0 Å². The van der Waals surface area contributed by atoms with Gasteiger partial charge >= 0.3 is 0 Å². The van der Waals surface area contributed by atoms with Crippen molar-refractivity contribution in [1.82, 2.24) is 24.6 Å². The monoisotopic (exact) mass is 556 g/mol. The third kappa shape index (κ3) is 4.79. The van der Waals surface area contributed by atoms with Crippen LogP contribution in [0, 0.1) is 17.8 Å². The molecule has 2 aliphatic rings. The van der Waals surface area contributed by atoms with Crippen molar-refractivity contribution in [2.24, 2.45) is 24.8 Å². The Kier molecular flexibility index (Phi) is 7.19. The summed E-state index contributed by atoms with van der Waals surface area (Å²) in [6, 6.07) is 10.3. The molecule has 38 heavy (non-hydrogen) atoms. The molecular weight excluding hydrogens is 527 g/mol. The molecule has 2 fully saturated rings. The highest BCUT2D eigenvalue weighted by Crippen LogP contribution is 2.42. The Morgan fingerprint density at radius 1 is 0.947 bits per heavy atom. The van der Waals surface area contributed by atoms with Crippen LogP contribution in [0.1, 0.15) is 31.2 Å². The standard InChI is InChI=1S/C27H30Cl2N6O3/c1-16-12-35(13-17(2)27(16,38)23-7-5-19(29)11-31-23)26(37)21-15-34(24-8-9-25(36)33(3)32-24)14-20(21)22-6-4-18(28)10-30-22/h4-11,16-17,20-21,38H,12-15H2,1-3H3/t16-,17+,20-,21-,27?/m1/s1. The minimum Gasteiger partial charge on any atom is -0.383 e. The van der Waals surface area contributed by atoms with E-state index < -0.39 is 5.60 Å². The zero-order chi connectivity index (χ0) is 27.2. The summed E-state index contributed by atoms with van der Waals surface area (Å²) in [6.45, 7) is 5.62. The molecule has 200 valence electrons. The number of carbonyl (C=O) groups excluding carboxylic acids is 1. The molecule has 0 aromatic carbocycles. The maximum atomic E-state index is 14.1. The van der Waals surface area contributed by atoms with Crippen LogP contribution in [-0.4, -0.2) is 61.8 Å². The van der Waals surface area contributed by atoms with Gasteiger partial charge in [-0.25, -0.2) is 4.68 Å². The molecule has 2 saturated heterocycles. The van der Waals surface area contributed by atoms with Crippen molar-refractivity contribution in [2.75, 3.05) is 31.1 Å². The lowest BCUT2D eigenvalue weighted by atomic mass is 9.72. The number of amides is 1. The summed E-state index contributed by atoms with van der Waals surface area (Å²) in [7, 11) is 1.61. The minimum atomic E-state index is -1.18. The third-order valence-electron chi connectivity index (χ3n) is 7.98. The van der Waals surface area contributed by atoms with Gasteiger partial charge in [-0.15, -0.1) is 0 Å². The molecule has 9 nitrogen and oxygen atoms in total. The van der Waals surface area contributed by atoms with Crippen molar-refractivity contribution in [2.45, 2.75) is 25.4 Å². The number of hydrogen-bond donors (Lipinski definition) is 1. The Morgan fingerprint density at radius 3 is 2.18 bits per heavy atom. The van der Waals surface area contributed by atoms with Crippen LogP contribution < -0.4 is 10.5 Å². The highest BCUT2D eigenvalue weighted by atomic mass is 35.5. The fourth-order valence-corrected chi connectivity index (χ4v) is 6.06. The molecular formula is C27H30Cl2N6O3. The lowest BCUT2D eigenvalue weighted by Crippen LogP contribution is -2.57. The van der Waals surface area contributed by atoms with Crippen LogP contribution in [0.25, 0.3) is 0 Å². The summed E-state index contributed by atoms with van der Waals surface area (Å²) < 4.78 is 1.29. The van der Waals surface area contributed by atoms with Crippen LogP contribution in [0.3, 0.4) is 0 Å². The van der Waals surface area contributed by atoms with E-state index in [4.69, 9.17) is 23.2 Å². The van der Waals surface area contributed by atoms with E-state index in [1.54, 1.807) is 37.5 Å². The van der Waals surface area contributed by atoms with Gasteiger partial charge < -0.3 is 14.9 Å². The summed E-state index contributed by atoms with van der Waals surface area (Å²) in [5.74, 6) is -0.448. The molecule has 3 aromatic heterocycles. The SMILES string of the molecule is C[C@@H]1CN(C(=O)[C@@H]2CN(c3ccc(=O)n(C)n3)C[C@H]2c2ccc(Cl)cn2)C[C@H](C)C1(O)c1ccc(Cl)cn1. The van der Waals surface area contributed by atoms with Gasteiger partial charge in [0.25, 0.3) is 5.56 Å². The smallest absolute Gasteiger partial charge is 0.266 e. The van der Waals surface area contributed by atoms with Crippen molar-refractivity contribution in [3.8, 4) is 0 Å². The molecule has 5 heterocycles. The van der Waals surface area contributed by atoms with E-state index in [1.165, 1.54) is 16.9 Å². The first kappa shape index (κ1) is 26.6. The zero-order valence-electron chi connectivity index (χ0n) is 21.5. The van der Waals surface area contributed by atoms with E-state index in [9.17, 15) is 14.7 Å². The van der Waals surface area contributed by atoms with Crippen LogP contribution in [-0.2, 0) is 17.4 Å². The number of likely N-dealkylation sites (tertiary alicyclic amines) is 1. The number of halogens is 2. The highest BCUT2D eigenvalue weighted by molar-refractivity contribution is 6.30. The molecule has 3 aromatic rings. The van der Waals surface area contributed by atoms with Gasteiger partial charge in [0.2, 0.25) is 5.91 Å². The average Bonchev–Trinajstić information content (AvgIpc) is 3.34. The molecule has 5 rings (SSSR count). The Hall–Kier alpha value is -3.01. The largest absolute Gasteiger partial charge is 0.383 e. The van der Waals surface area contributed by atoms with Gasteiger partial charge in [0.05, 0.1) is 21.7 Å². The Labute approximate surface area is 231 Å². The average molecular weight is 557 g/mol. The third-order valence-corrected chi connectivity index (χ3v) is 8.43. The van der Waals surface area contributed by atoms with Crippen molar-refractivity contribution in [3.63, 3.8) is 0 Å². The number of aromatic nitrogens is 4. The normalized spacial score (nSPS) is 27.5. The second-order valence-electron chi connectivity index (χ2n) is 10.4. The zero-order valence-corrected chi connectivity index (χ0v) is 23.0. The van der Waals surface area contributed by atoms with E-state index in [0.717, 1.165) is 5.69 Å². The first-order valence-corrected chi connectivity index (χ1v) is 13.4. The van der Waals surface area contributed by atoms with Crippen LogP contribution in [0.15, 0.2) is 53.6 Å². The van der Waals surface area contributed by atoms with Gasteiger partial charge in [0, 0.05) is 75.1 Å². The molecule has 1 amide bonds. The second-order valence-corrected chi connectivity index (χ2v) is 11.3. The number of rotatable bonds is 4. The number of carbonyl (C=O) groups is 1. The summed E-state index contributed by atoms with van der Waals surface area (Å²) >= 11 is 12.1. The molecule has 0 spiro atoms. The fourth-order valence-electron chi connectivity index (χ4n) is 5.84. The number of pyridine rings is 2. The van der Waals surface area contributed by atoms with Gasteiger partial charge in [0.15, 0.2) is 0 Å². The van der Waals surface area contributed by atoms with Crippen LogP contribution in [0.2, 0.25) is 10.0 Å². The maximum Gasteiger partial charge on any atom is 0.266 e. The quantitative estimate of drug-likeness (QED) is 0.526. The van der Waals surface area contributed by atoms with Gasteiger partial charge in [-0.2, -0.15) is 5.10 Å². The first-order valence-electron chi connectivity index (χ1n) is 12.6. The summed E-state index contributed by atoms with van der Waals surface area (Å²) in [6.07, 6.45) is 3.13. The molecule has 2 aliphatic heterocycles. The van der Waals surface area contributed by atoms with E-state index in [1.807, 2.05) is 29.7 Å². The predicted octanol–water partition coefficient (Wildman–Crippen LogP) is 3.10. The fraction of sp³-hybridized carbons (Fsp3) is 0.444. The first-order chi connectivity index (χ1) is 18.1. The molecule has 1 N–H and O–H groups in total. The van der Waals surface area contributed by atoms with Crippen molar-refractivity contribution < 1.29 is 9.90 Å². The molecule has 0 bridgehead atoms. The van der Waals surface area contributed by atoms with Crippen LogP contribution in [0.4, 0.5) is 5.82 Å². The van der Waals surface area contributed by atoms with Gasteiger partial charge in [-0.05, 0) is 30.3 Å². The van der Waals surface area contributed by atoms with Crippen molar-refractivity contribution in [3.05, 3.63) is 80.6 Å². The van der Waals surface area contributed by atoms with Gasteiger partial charge in [0.1, 0.15) is 11.4 Å². The number of aliphatic hydroxyl groups is 1. The molecule has 11 heteroatoms. The number of piperidine rings is 1. The number of aryl methyl sites for hydroxylation is 1. The summed E-state index contributed by atoms with van der Waals surface area (Å²) in [5.41, 5.74) is -0.0422. The maximum absolute atomic E-state index is 14.1. The van der Waals surface area contributed by atoms with E-state index in [0.29, 0.717) is 47.7 Å². The molecule has 0 aliphatic carbocycles. The van der Waals surface area contributed by atoms with E-state index >= 15 is 0 Å². The lowest BCUT2D eigenvalue weighted by Gasteiger charge is -2.48. The Balaban J connectivity index is 1.42. The molecule has 1 unspecified atom stereocenters. The number of hydrogen-bond acceptors (Lipinski definition) is 7. The van der Waals surface area contributed by atoms with E-state index in [2.05, 4.69) is 15.1 Å². The number of nitrogens with zero attached hydrogens (tertiary/aromatic N) is 6. The van der Waals surface area contributed by atoms with E-state index in [-0.39, 0.29) is 35.1 Å². The topological polar surface area (TPSA) is 104 Å². The van der Waals surface area contributed by atoms with Crippen LogP contribution in [0.5, 0.6) is 0 Å². The molecule has 0 saturated carbocycles. The van der Waals surface area contributed by atoms with Crippen LogP contribution >= 0.6 is 23.2 Å². The number of anilines is 1. The summed E-state index contributed by atoms with van der Waals surface area (Å²) in [5, 5.41) is 17.2. The van der Waals surface area contributed by atoms with Crippen molar-refractivity contribution >= 4 is 34.9 Å². The summed E-state index contributed by atoms with van der Waals surface area (Å²) in [4.78, 5) is 38.8. The Morgan fingerprint density at radius 2 is 1.61 bits per heavy atom. The Bertz CT molecular complexity index is 1370. The highest BCUT2D eigenvalue weighted by Gasteiger charge is 2.50. The van der Waals surface area contributed by atoms with Gasteiger partial charge in [-0.1, -0.05) is 37.0 Å². The minimum absolute atomic E-state index is 0.00360. The molecule has 0 radical (unpaired) electrons. The lowest BCUT2D eigenvalue weighted by molar-refractivity contribution is -0.153. The van der Waals surface area contributed by atoms with Gasteiger partial charge in [-0.3, -0.25) is 19.6 Å².